The van der Waals surface area contributed by atoms with E-state index >= 15 is 0 Å². The van der Waals surface area contributed by atoms with E-state index < -0.39 is 11.7 Å². The molecule has 23 heavy (non-hydrogen) atoms. The van der Waals surface area contributed by atoms with Crippen LogP contribution in [0.5, 0.6) is 11.5 Å². The molecule has 0 bridgehead atoms. The van der Waals surface area contributed by atoms with Crippen molar-refractivity contribution in [1.82, 2.24) is 0 Å². The summed E-state index contributed by atoms with van der Waals surface area (Å²) >= 11 is 5.72. The average molecular weight is 336 g/mol. The third kappa shape index (κ3) is 4.72. The molecule has 120 valence electrons. The molecular formula is C17H15ClFNO3. The molecule has 2 aromatic carbocycles. The van der Waals surface area contributed by atoms with Gasteiger partial charge in [0.1, 0.15) is 23.9 Å². The van der Waals surface area contributed by atoms with Crippen molar-refractivity contribution in [2.45, 2.75) is 6.61 Å². The number of carbonyl (C=O) groups is 1. The van der Waals surface area contributed by atoms with Gasteiger partial charge < -0.3 is 15.2 Å². The molecule has 0 heterocycles. The number of rotatable bonds is 6. The summed E-state index contributed by atoms with van der Waals surface area (Å²) in [5, 5.41) is -0.00685. The lowest BCUT2D eigenvalue weighted by Crippen LogP contribution is -2.05. The predicted molar refractivity (Wildman–Crippen MR) is 87.0 cm³/mol. The maximum absolute atomic E-state index is 13.1. The topological polar surface area (TPSA) is 61.5 Å². The van der Waals surface area contributed by atoms with E-state index in [0.717, 1.165) is 11.1 Å². The SMILES string of the molecule is COc1ccc(/C=C\C(N)=O)cc1COc1ccc(F)c(Cl)c1. The van der Waals surface area contributed by atoms with Gasteiger partial charge in [-0.25, -0.2) is 4.39 Å². The van der Waals surface area contributed by atoms with E-state index in [1.54, 1.807) is 25.3 Å². The minimum absolute atomic E-state index is 0.00685. The quantitative estimate of drug-likeness (QED) is 0.821. The maximum Gasteiger partial charge on any atom is 0.241 e. The third-order valence-corrected chi connectivity index (χ3v) is 3.32. The number of ether oxygens (including phenoxy) is 2. The van der Waals surface area contributed by atoms with E-state index in [9.17, 15) is 9.18 Å². The first-order chi connectivity index (χ1) is 11.0. The fraction of sp³-hybridized carbons (Fsp3) is 0.118. The van der Waals surface area contributed by atoms with Gasteiger partial charge in [-0.3, -0.25) is 4.79 Å². The number of benzene rings is 2. The van der Waals surface area contributed by atoms with Crippen molar-refractivity contribution in [2.24, 2.45) is 5.73 Å². The standard InChI is InChI=1S/C17H15ClFNO3/c1-22-16-6-2-11(3-7-17(20)21)8-12(16)10-23-13-4-5-15(19)14(18)9-13/h2-9H,10H2,1H3,(H2,20,21)/b7-3-. The molecule has 0 spiro atoms. The molecule has 0 saturated carbocycles. The fourth-order valence-electron chi connectivity index (χ4n) is 1.92. The molecule has 2 rings (SSSR count). The van der Waals surface area contributed by atoms with E-state index in [1.165, 1.54) is 24.3 Å². The summed E-state index contributed by atoms with van der Waals surface area (Å²) in [6, 6.07) is 9.49. The molecule has 0 saturated heterocycles. The summed E-state index contributed by atoms with van der Waals surface area (Å²) in [5.74, 6) is 0.0423. The van der Waals surface area contributed by atoms with Crippen LogP contribution in [-0.4, -0.2) is 13.0 Å². The lowest BCUT2D eigenvalue weighted by molar-refractivity contribution is -0.113. The van der Waals surface area contributed by atoms with Crippen molar-refractivity contribution in [3.63, 3.8) is 0 Å². The van der Waals surface area contributed by atoms with Gasteiger partial charge in [0, 0.05) is 17.7 Å². The second kappa shape index (κ2) is 7.65. The molecule has 0 aliphatic rings. The lowest BCUT2D eigenvalue weighted by atomic mass is 10.1. The van der Waals surface area contributed by atoms with Gasteiger partial charge >= 0.3 is 0 Å². The van der Waals surface area contributed by atoms with Crippen LogP contribution in [0.4, 0.5) is 4.39 Å². The molecule has 0 atom stereocenters. The molecule has 0 unspecified atom stereocenters. The van der Waals surface area contributed by atoms with Gasteiger partial charge in [-0.1, -0.05) is 17.7 Å². The first-order valence-corrected chi connectivity index (χ1v) is 7.09. The zero-order valence-electron chi connectivity index (χ0n) is 12.4. The summed E-state index contributed by atoms with van der Waals surface area (Å²) in [4.78, 5) is 10.8. The Morgan fingerprint density at radius 3 is 2.74 bits per heavy atom. The highest BCUT2D eigenvalue weighted by molar-refractivity contribution is 6.30. The van der Waals surface area contributed by atoms with Crippen LogP contribution in [0.25, 0.3) is 6.08 Å². The first kappa shape index (κ1) is 16.8. The van der Waals surface area contributed by atoms with E-state index in [-0.39, 0.29) is 11.6 Å². The van der Waals surface area contributed by atoms with Gasteiger partial charge in [0.2, 0.25) is 5.91 Å². The Labute approximate surface area is 138 Å². The van der Waals surface area contributed by atoms with Gasteiger partial charge in [-0.15, -0.1) is 0 Å². The van der Waals surface area contributed by atoms with E-state index in [1.807, 2.05) is 6.07 Å². The molecule has 6 heteroatoms. The maximum atomic E-state index is 13.1. The molecule has 2 aromatic rings. The largest absolute Gasteiger partial charge is 0.496 e. The Balaban J connectivity index is 2.18. The second-order valence-electron chi connectivity index (χ2n) is 4.67. The number of hydrogen-bond acceptors (Lipinski definition) is 3. The molecule has 0 aliphatic carbocycles. The van der Waals surface area contributed by atoms with E-state index in [0.29, 0.717) is 11.5 Å². The van der Waals surface area contributed by atoms with Crippen molar-refractivity contribution in [3.8, 4) is 11.5 Å². The molecule has 1 amide bonds. The van der Waals surface area contributed by atoms with Crippen LogP contribution in [0.3, 0.4) is 0 Å². The number of amides is 1. The zero-order valence-corrected chi connectivity index (χ0v) is 13.1. The van der Waals surface area contributed by atoms with Crippen LogP contribution in [-0.2, 0) is 11.4 Å². The Morgan fingerprint density at radius 2 is 2.09 bits per heavy atom. The Bertz CT molecular complexity index is 747. The van der Waals surface area contributed by atoms with Crippen LogP contribution >= 0.6 is 11.6 Å². The first-order valence-electron chi connectivity index (χ1n) is 6.72. The van der Waals surface area contributed by atoms with Crippen LogP contribution in [0.1, 0.15) is 11.1 Å². The summed E-state index contributed by atoms with van der Waals surface area (Å²) in [6.45, 7) is 0.198. The smallest absolute Gasteiger partial charge is 0.241 e. The average Bonchev–Trinajstić information content (AvgIpc) is 2.54. The van der Waals surface area contributed by atoms with Gasteiger partial charge in [0.15, 0.2) is 0 Å². The summed E-state index contributed by atoms with van der Waals surface area (Å²) < 4.78 is 24.0. The fourth-order valence-corrected chi connectivity index (χ4v) is 2.09. The highest BCUT2D eigenvalue weighted by Gasteiger charge is 2.07. The van der Waals surface area contributed by atoms with Crippen LogP contribution in [0.15, 0.2) is 42.5 Å². The minimum atomic E-state index is -0.528. The van der Waals surface area contributed by atoms with Crippen molar-refractivity contribution in [2.75, 3.05) is 7.11 Å². The summed E-state index contributed by atoms with van der Waals surface area (Å²) in [6.07, 6.45) is 2.87. The Kier molecular flexibility index (Phi) is 5.60. The Morgan fingerprint density at radius 1 is 1.30 bits per heavy atom. The van der Waals surface area contributed by atoms with Crippen LogP contribution in [0.2, 0.25) is 5.02 Å². The molecule has 2 N–H and O–H groups in total. The second-order valence-corrected chi connectivity index (χ2v) is 5.08. The van der Waals surface area contributed by atoms with Crippen molar-refractivity contribution < 1.29 is 18.7 Å². The van der Waals surface area contributed by atoms with Crippen molar-refractivity contribution in [1.29, 1.82) is 0 Å². The zero-order chi connectivity index (χ0) is 16.8. The van der Waals surface area contributed by atoms with Crippen LogP contribution in [0, 0.1) is 5.82 Å². The predicted octanol–water partition coefficient (Wildman–Crippen LogP) is 3.57. The van der Waals surface area contributed by atoms with Gasteiger partial charge in [-0.2, -0.15) is 0 Å². The third-order valence-electron chi connectivity index (χ3n) is 3.03. The van der Waals surface area contributed by atoms with E-state index in [4.69, 9.17) is 26.8 Å². The van der Waals surface area contributed by atoms with Crippen molar-refractivity contribution >= 4 is 23.6 Å². The number of primary amides is 1. The minimum Gasteiger partial charge on any atom is -0.496 e. The Hall–Kier alpha value is -2.53. The molecular weight excluding hydrogens is 321 g/mol. The molecule has 0 radical (unpaired) electrons. The highest BCUT2D eigenvalue weighted by atomic mass is 35.5. The van der Waals surface area contributed by atoms with Gasteiger partial charge in [-0.05, 0) is 35.9 Å². The highest BCUT2D eigenvalue weighted by Crippen LogP contribution is 2.25. The van der Waals surface area contributed by atoms with Crippen LogP contribution < -0.4 is 15.2 Å². The summed E-state index contributed by atoms with van der Waals surface area (Å²) in [7, 11) is 1.55. The normalized spacial score (nSPS) is 10.7. The number of halogens is 2. The van der Waals surface area contributed by atoms with Gasteiger partial charge in [0.05, 0.1) is 12.1 Å². The molecule has 0 aliphatic heterocycles. The monoisotopic (exact) mass is 335 g/mol. The number of methoxy groups -OCH3 is 1. The molecule has 0 fully saturated rings. The lowest BCUT2D eigenvalue weighted by Gasteiger charge is -2.11. The summed E-state index contributed by atoms with van der Waals surface area (Å²) in [5.41, 5.74) is 6.62. The molecule has 0 aromatic heterocycles. The number of nitrogens with two attached hydrogens (primary N) is 1. The number of hydrogen-bond donors (Lipinski definition) is 1. The van der Waals surface area contributed by atoms with Gasteiger partial charge in [0.25, 0.3) is 0 Å². The van der Waals surface area contributed by atoms with Crippen molar-refractivity contribution in [3.05, 3.63) is 64.4 Å². The molecule has 4 nitrogen and oxygen atoms in total. The number of carbonyl (C=O) groups excluding carboxylic acids is 1. The van der Waals surface area contributed by atoms with E-state index in [2.05, 4.69) is 0 Å².